The van der Waals surface area contributed by atoms with E-state index >= 15 is 0 Å². The minimum absolute atomic E-state index is 0.0220. The van der Waals surface area contributed by atoms with E-state index < -0.39 is 4.92 Å². The summed E-state index contributed by atoms with van der Waals surface area (Å²) in [6.45, 7) is 0. The molecule has 2 aromatic rings. The van der Waals surface area contributed by atoms with Gasteiger partial charge in [0.05, 0.1) is 14.1 Å². The van der Waals surface area contributed by atoms with Crippen molar-refractivity contribution in [3.63, 3.8) is 0 Å². The highest BCUT2D eigenvalue weighted by Gasteiger charge is 2.19. The second-order valence-electron chi connectivity index (χ2n) is 2.27. The van der Waals surface area contributed by atoms with Crippen LogP contribution in [-0.4, -0.2) is 14.5 Å². The Morgan fingerprint density at radius 2 is 2.31 bits per heavy atom. The van der Waals surface area contributed by atoms with Gasteiger partial charge in [0.25, 0.3) is 0 Å². The van der Waals surface area contributed by atoms with Gasteiger partial charge in [-0.3, -0.25) is 10.1 Å². The molecule has 7 heteroatoms. The Labute approximate surface area is 84.8 Å². The Bertz CT molecular complexity index is 484. The van der Waals surface area contributed by atoms with E-state index in [2.05, 4.69) is 25.5 Å². The summed E-state index contributed by atoms with van der Waals surface area (Å²) in [6.07, 6.45) is 0. The summed E-state index contributed by atoms with van der Waals surface area (Å²) in [5.74, 6) is 0. The normalized spacial score (nSPS) is 10.5. The maximum absolute atomic E-state index is 10.6. The zero-order valence-corrected chi connectivity index (χ0v) is 8.50. The molecule has 0 atom stereocenters. The molecule has 0 spiro atoms. The Morgan fingerprint density at radius 1 is 1.54 bits per heavy atom. The summed E-state index contributed by atoms with van der Waals surface area (Å²) in [6, 6.07) is 3.37. The van der Waals surface area contributed by atoms with Gasteiger partial charge in [-0.1, -0.05) is 4.49 Å². The molecule has 0 unspecified atom stereocenters. The molecule has 0 aliphatic carbocycles. The molecule has 66 valence electrons. The minimum atomic E-state index is -0.464. The lowest BCUT2D eigenvalue weighted by atomic mass is 10.3. The molecule has 1 aromatic carbocycles. The number of hydrogen-bond acceptors (Lipinski definition) is 5. The zero-order valence-electron chi connectivity index (χ0n) is 6.10. The van der Waals surface area contributed by atoms with Crippen LogP contribution in [0.5, 0.6) is 0 Å². The molecule has 0 bridgehead atoms. The Balaban J connectivity index is 2.88. The number of nitro benzene ring substituents is 1. The molecule has 1 aromatic heterocycles. The standard InChI is InChI=1S/C6H2BrN3O2S/c7-3-1-2-4-5(8-9-13-4)6(3)10(11)12/h1-2H. The van der Waals surface area contributed by atoms with Crippen LogP contribution < -0.4 is 0 Å². The Hall–Kier alpha value is -1.08. The van der Waals surface area contributed by atoms with Gasteiger partial charge in [-0.15, -0.1) is 5.10 Å². The molecule has 0 saturated carbocycles. The first-order chi connectivity index (χ1) is 6.20. The van der Waals surface area contributed by atoms with Crippen LogP contribution in [0.2, 0.25) is 0 Å². The SMILES string of the molecule is O=[N+]([O-])c1c(Br)ccc2snnc12. The number of hydrogen-bond donors (Lipinski definition) is 0. The van der Waals surface area contributed by atoms with Crippen molar-refractivity contribution in [3.05, 3.63) is 26.7 Å². The van der Waals surface area contributed by atoms with E-state index in [4.69, 9.17) is 0 Å². The highest BCUT2D eigenvalue weighted by Crippen LogP contribution is 2.32. The molecule has 0 amide bonds. The third kappa shape index (κ3) is 1.29. The number of nitrogens with zero attached hydrogens (tertiary/aromatic N) is 3. The molecule has 0 aliphatic rings. The number of nitro groups is 1. The van der Waals surface area contributed by atoms with Crippen molar-refractivity contribution < 1.29 is 4.92 Å². The molecule has 0 aliphatic heterocycles. The summed E-state index contributed by atoms with van der Waals surface area (Å²) < 4.78 is 4.80. The summed E-state index contributed by atoms with van der Waals surface area (Å²) in [5.41, 5.74) is 0.315. The van der Waals surface area contributed by atoms with Gasteiger partial charge in [-0.2, -0.15) is 0 Å². The largest absolute Gasteiger partial charge is 0.312 e. The van der Waals surface area contributed by atoms with Crippen LogP contribution in [0.3, 0.4) is 0 Å². The van der Waals surface area contributed by atoms with Crippen LogP contribution in [0.4, 0.5) is 5.69 Å². The van der Waals surface area contributed by atoms with Crippen molar-refractivity contribution in [2.75, 3.05) is 0 Å². The average molecular weight is 260 g/mol. The molecule has 0 fully saturated rings. The van der Waals surface area contributed by atoms with E-state index in [1.54, 1.807) is 12.1 Å². The predicted octanol–water partition coefficient (Wildman–Crippen LogP) is 2.36. The summed E-state index contributed by atoms with van der Waals surface area (Å²) >= 11 is 4.24. The number of fused-ring (bicyclic) bond motifs is 1. The second kappa shape index (κ2) is 3.00. The van der Waals surface area contributed by atoms with E-state index in [0.717, 1.165) is 16.2 Å². The highest BCUT2D eigenvalue weighted by molar-refractivity contribution is 9.10. The van der Waals surface area contributed by atoms with E-state index in [1.165, 1.54) is 0 Å². The van der Waals surface area contributed by atoms with Gasteiger partial charge in [-0.05, 0) is 39.6 Å². The van der Waals surface area contributed by atoms with Gasteiger partial charge >= 0.3 is 5.69 Å². The molecular weight excluding hydrogens is 258 g/mol. The highest BCUT2D eigenvalue weighted by atomic mass is 79.9. The molecule has 0 N–H and O–H groups in total. The maximum atomic E-state index is 10.6. The third-order valence-corrected chi connectivity index (χ3v) is 2.86. The molecule has 13 heavy (non-hydrogen) atoms. The second-order valence-corrected chi connectivity index (χ2v) is 3.91. The lowest BCUT2D eigenvalue weighted by molar-refractivity contribution is -0.384. The average Bonchev–Trinajstić information content (AvgIpc) is 2.50. The molecule has 5 nitrogen and oxygen atoms in total. The fourth-order valence-corrected chi connectivity index (χ4v) is 2.01. The Kier molecular flexibility index (Phi) is 1.97. The molecule has 0 radical (unpaired) electrons. The first-order valence-corrected chi connectivity index (χ1v) is 4.82. The van der Waals surface area contributed by atoms with E-state index in [0.29, 0.717) is 9.99 Å². The maximum Gasteiger partial charge on any atom is 0.312 e. The molecule has 2 rings (SSSR count). The Morgan fingerprint density at radius 3 is 3.00 bits per heavy atom. The van der Waals surface area contributed by atoms with Crippen molar-refractivity contribution in [1.82, 2.24) is 9.59 Å². The van der Waals surface area contributed by atoms with Crippen molar-refractivity contribution in [2.45, 2.75) is 0 Å². The predicted molar refractivity (Wildman–Crippen MR) is 51.8 cm³/mol. The van der Waals surface area contributed by atoms with E-state index in [1.807, 2.05) is 0 Å². The molecular formula is C6H2BrN3O2S. The van der Waals surface area contributed by atoms with Gasteiger partial charge in [0, 0.05) is 0 Å². The van der Waals surface area contributed by atoms with Crippen LogP contribution in [0.1, 0.15) is 0 Å². The van der Waals surface area contributed by atoms with Crippen LogP contribution >= 0.6 is 27.5 Å². The van der Waals surface area contributed by atoms with Gasteiger partial charge in [-0.25, -0.2) is 0 Å². The topological polar surface area (TPSA) is 68.9 Å². The van der Waals surface area contributed by atoms with Crippen molar-refractivity contribution in [3.8, 4) is 0 Å². The summed E-state index contributed by atoms with van der Waals surface area (Å²) in [7, 11) is 0. The van der Waals surface area contributed by atoms with Crippen LogP contribution in [-0.2, 0) is 0 Å². The van der Waals surface area contributed by atoms with E-state index in [-0.39, 0.29) is 5.69 Å². The lowest BCUT2D eigenvalue weighted by Gasteiger charge is -1.93. The first kappa shape index (κ1) is 8.52. The van der Waals surface area contributed by atoms with Crippen molar-refractivity contribution in [2.24, 2.45) is 0 Å². The lowest BCUT2D eigenvalue weighted by Crippen LogP contribution is -1.90. The quantitative estimate of drug-likeness (QED) is 0.583. The monoisotopic (exact) mass is 259 g/mol. The number of rotatable bonds is 1. The fraction of sp³-hybridized carbons (Fsp3) is 0. The van der Waals surface area contributed by atoms with Gasteiger partial charge in [0.1, 0.15) is 0 Å². The zero-order chi connectivity index (χ0) is 9.42. The summed E-state index contributed by atoms with van der Waals surface area (Å²) in [4.78, 5) is 10.2. The minimum Gasteiger partial charge on any atom is -0.258 e. The van der Waals surface area contributed by atoms with Gasteiger partial charge < -0.3 is 0 Å². The fourth-order valence-electron chi connectivity index (χ4n) is 0.986. The van der Waals surface area contributed by atoms with E-state index in [9.17, 15) is 10.1 Å². The van der Waals surface area contributed by atoms with Crippen LogP contribution in [0.25, 0.3) is 10.2 Å². The molecule has 1 heterocycles. The summed E-state index contributed by atoms with van der Waals surface area (Å²) in [5, 5.41) is 14.3. The number of aromatic nitrogens is 2. The number of benzene rings is 1. The molecule has 0 saturated heterocycles. The smallest absolute Gasteiger partial charge is 0.258 e. The van der Waals surface area contributed by atoms with Gasteiger partial charge in [0.15, 0.2) is 5.52 Å². The van der Waals surface area contributed by atoms with Crippen molar-refractivity contribution >= 4 is 43.4 Å². The third-order valence-electron chi connectivity index (χ3n) is 1.53. The van der Waals surface area contributed by atoms with Gasteiger partial charge in [0.2, 0.25) is 0 Å². The first-order valence-electron chi connectivity index (χ1n) is 3.25. The number of halogens is 1. The van der Waals surface area contributed by atoms with Crippen molar-refractivity contribution in [1.29, 1.82) is 0 Å². The van der Waals surface area contributed by atoms with Crippen LogP contribution in [0, 0.1) is 10.1 Å². The van der Waals surface area contributed by atoms with Crippen LogP contribution in [0.15, 0.2) is 16.6 Å².